The number of nitrogens with zero attached hydrogens (tertiary/aromatic N) is 2. The predicted molar refractivity (Wildman–Crippen MR) is 86.1 cm³/mol. The summed E-state index contributed by atoms with van der Waals surface area (Å²) >= 11 is 0. The molecule has 3 aromatic rings. The third kappa shape index (κ3) is 3.09. The van der Waals surface area contributed by atoms with Crippen LogP contribution in [0.1, 0.15) is 5.69 Å². The van der Waals surface area contributed by atoms with Gasteiger partial charge in [-0.1, -0.05) is 18.2 Å². The molecule has 22 heavy (non-hydrogen) atoms. The molecule has 0 amide bonds. The number of para-hydroxylation sites is 1. The first-order chi connectivity index (χ1) is 10.8. The van der Waals surface area contributed by atoms with E-state index in [-0.39, 0.29) is 5.95 Å². The Morgan fingerprint density at radius 3 is 2.45 bits per heavy atom. The van der Waals surface area contributed by atoms with Gasteiger partial charge in [0.05, 0.1) is 24.9 Å². The van der Waals surface area contributed by atoms with E-state index in [1.165, 1.54) is 0 Å². The SMILES string of the molecule is COc1ccc(OCCc2nc(N)nc3ccccc23)cc1. The minimum Gasteiger partial charge on any atom is -0.497 e. The number of hydrogen-bond donors (Lipinski definition) is 1. The van der Waals surface area contributed by atoms with E-state index in [1.54, 1.807) is 7.11 Å². The van der Waals surface area contributed by atoms with Crippen molar-refractivity contribution in [3.63, 3.8) is 0 Å². The fourth-order valence-corrected chi connectivity index (χ4v) is 2.29. The Balaban J connectivity index is 1.71. The minimum absolute atomic E-state index is 0.290. The Hall–Kier alpha value is -2.82. The highest BCUT2D eigenvalue weighted by Crippen LogP contribution is 2.19. The van der Waals surface area contributed by atoms with Crippen molar-refractivity contribution in [3.05, 3.63) is 54.2 Å². The van der Waals surface area contributed by atoms with Crippen molar-refractivity contribution in [1.29, 1.82) is 0 Å². The highest BCUT2D eigenvalue weighted by atomic mass is 16.5. The number of rotatable bonds is 5. The first-order valence-electron chi connectivity index (χ1n) is 7.04. The molecule has 1 aromatic heterocycles. The van der Waals surface area contributed by atoms with Gasteiger partial charge >= 0.3 is 0 Å². The number of fused-ring (bicyclic) bond motifs is 1. The highest BCUT2D eigenvalue weighted by Gasteiger charge is 2.06. The standard InChI is InChI=1S/C17H17N3O2/c1-21-12-6-8-13(9-7-12)22-11-10-16-14-4-2-3-5-15(14)19-17(18)20-16/h2-9H,10-11H2,1H3,(H2,18,19,20). The van der Waals surface area contributed by atoms with Crippen molar-refractivity contribution >= 4 is 16.9 Å². The van der Waals surface area contributed by atoms with Crippen LogP contribution >= 0.6 is 0 Å². The lowest BCUT2D eigenvalue weighted by atomic mass is 10.1. The fourth-order valence-electron chi connectivity index (χ4n) is 2.29. The van der Waals surface area contributed by atoms with Crippen LogP contribution < -0.4 is 15.2 Å². The summed E-state index contributed by atoms with van der Waals surface area (Å²) in [4.78, 5) is 8.56. The molecule has 112 valence electrons. The molecule has 0 spiro atoms. The number of aromatic nitrogens is 2. The van der Waals surface area contributed by atoms with Crippen molar-refractivity contribution in [2.45, 2.75) is 6.42 Å². The van der Waals surface area contributed by atoms with Crippen LogP contribution in [-0.2, 0) is 6.42 Å². The number of hydrogen-bond acceptors (Lipinski definition) is 5. The maximum Gasteiger partial charge on any atom is 0.220 e. The smallest absolute Gasteiger partial charge is 0.220 e. The summed E-state index contributed by atoms with van der Waals surface area (Å²) in [5.74, 6) is 1.90. The van der Waals surface area contributed by atoms with Gasteiger partial charge in [-0.05, 0) is 30.3 Å². The van der Waals surface area contributed by atoms with Gasteiger partial charge in [0.15, 0.2) is 0 Å². The summed E-state index contributed by atoms with van der Waals surface area (Å²) in [5, 5.41) is 1.01. The van der Waals surface area contributed by atoms with Crippen LogP contribution in [-0.4, -0.2) is 23.7 Å². The Morgan fingerprint density at radius 1 is 0.955 bits per heavy atom. The molecule has 0 saturated heterocycles. The van der Waals surface area contributed by atoms with Crippen molar-refractivity contribution in [2.24, 2.45) is 0 Å². The molecule has 1 heterocycles. The molecule has 0 saturated carbocycles. The zero-order chi connectivity index (χ0) is 15.4. The summed E-state index contributed by atoms with van der Waals surface area (Å²) in [6, 6.07) is 15.3. The first kappa shape index (κ1) is 14.1. The van der Waals surface area contributed by atoms with Gasteiger partial charge < -0.3 is 15.2 Å². The summed E-state index contributed by atoms with van der Waals surface area (Å²) in [5.41, 5.74) is 7.52. The van der Waals surface area contributed by atoms with Crippen molar-refractivity contribution in [2.75, 3.05) is 19.5 Å². The third-order valence-electron chi connectivity index (χ3n) is 3.37. The summed E-state index contributed by atoms with van der Waals surface area (Å²) < 4.78 is 10.9. The quantitative estimate of drug-likeness (QED) is 0.783. The topological polar surface area (TPSA) is 70.3 Å². The molecular formula is C17H17N3O2. The monoisotopic (exact) mass is 295 g/mol. The summed E-state index contributed by atoms with van der Waals surface area (Å²) in [6.45, 7) is 0.521. The number of anilines is 1. The molecule has 0 bridgehead atoms. The lowest BCUT2D eigenvalue weighted by molar-refractivity contribution is 0.320. The van der Waals surface area contributed by atoms with Crippen molar-refractivity contribution < 1.29 is 9.47 Å². The summed E-state index contributed by atoms with van der Waals surface area (Å²) in [7, 11) is 1.64. The fraction of sp³-hybridized carbons (Fsp3) is 0.176. The molecule has 0 aliphatic rings. The van der Waals surface area contributed by atoms with E-state index in [2.05, 4.69) is 9.97 Å². The van der Waals surface area contributed by atoms with Crippen LogP contribution in [0.15, 0.2) is 48.5 Å². The maximum absolute atomic E-state index is 5.76. The van der Waals surface area contributed by atoms with Crippen LogP contribution in [0, 0.1) is 0 Å². The van der Waals surface area contributed by atoms with E-state index >= 15 is 0 Å². The lowest BCUT2D eigenvalue weighted by Gasteiger charge is -2.09. The molecule has 0 unspecified atom stereocenters. The molecule has 0 fully saturated rings. The van der Waals surface area contributed by atoms with Crippen LogP contribution in [0.3, 0.4) is 0 Å². The molecule has 2 N–H and O–H groups in total. The molecule has 0 aliphatic heterocycles. The van der Waals surface area contributed by atoms with Gasteiger partial charge in [-0.15, -0.1) is 0 Å². The van der Waals surface area contributed by atoms with E-state index in [0.29, 0.717) is 13.0 Å². The van der Waals surface area contributed by atoms with Gasteiger partial charge in [0.1, 0.15) is 11.5 Å². The van der Waals surface area contributed by atoms with Crippen LogP contribution in [0.2, 0.25) is 0 Å². The average molecular weight is 295 g/mol. The van der Waals surface area contributed by atoms with Crippen LogP contribution in [0.4, 0.5) is 5.95 Å². The Bertz CT molecular complexity index is 772. The summed E-state index contributed by atoms with van der Waals surface area (Å²) in [6.07, 6.45) is 0.666. The Labute approximate surface area is 128 Å². The van der Waals surface area contributed by atoms with Crippen molar-refractivity contribution in [3.8, 4) is 11.5 Å². The van der Waals surface area contributed by atoms with Gasteiger partial charge in [-0.3, -0.25) is 0 Å². The maximum atomic E-state index is 5.76. The third-order valence-corrected chi connectivity index (χ3v) is 3.37. The molecular weight excluding hydrogens is 278 g/mol. The molecule has 5 heteroatoms. The molecule has 0 atom stereocenters. The predicted octanol–water partition coefficient (Wildman–Crippen LogP) is 2.84. The second kappa shape index (κ2) is 6.30. The molecule has 0 radical (unpaired) electrons. The Kier molecular flexibility index (Phi) is 4.05. The zero-order valence-electron chi connectivity index (χ0n) is 12.3. The molecule has 2 aromatic carbocycles. The van der Waals surface area contributed by atoms with E-state index in [0.717, 1.165) is 28.1 Å². The van der Waals surface area contributed by atoms with E-state index in [9.17, 15) is 0 Å². The van der Waals surface area contributed by atoms with Crippen LogP contribution in [0.5, 0.6) is 11.5 Å². The first-order valence-corrected chi connectivity index (χ1v) is 7.04. The largest absolute Gasteiger partial charge is 0.497 e. The van der Waals surface area contributed by atoms with Crippen LogP contribution in [0.25, 0.3) is 10.9 Å². The van der Waals surface area contributed by atoms with E-state index < -0.39 is 0 Å². The minimum atomic E-state index is 0.290. The van der Waals surface area contributed by atoms with Gasteiger partial charge in [-0.2, -0.15) is 0 Å². The van der Waals surface area contributed by atoms with Gasteiger partial charge in [-0.25, -0.2) is 9.97 Å². The average Bonchev–Trinajstić information content (AvgIpc) is 2.55. The van der Waals surface area contributed by atoms with E-state index in [1.807, 2.05) is 48.5 Å². The van der Waals surface area contributed by atoms with E-state index in [4.69, 9.17) is 15.2 Å². The number of methoxy groups -OCH3 is 1. The number of nitrogen functional groups attached to an aromatic ring is 1. The number of benzene rings is 2. The Morgan fingerprint density at radius 2 is 1.68 bits per heavy atom. The second-order valence-corrected chi connectivity index (χ2v) is 4.82. The zero-order valence-corrected chi connectivity index (χ0v) is 12.3. The van der Waals surface area contributed by atoms with Gasteiger partial charge in [0.2, 0.25) is 5.95 Å². The highest BCUT2D eigenvalue weighted by molar-refractivity contribution is 5.81. The molecule has 3 rings (SSSR count). The van der Waals surface area contributed by atoms with Gasteiger partial charge in [0.25, 0.3) is 0 Å². The van der Waals surface area contributed by atoms with Gasteiger partial charge in [0, 0.05) is 11.8 Å². The molecule has 5 nitrogen and oxygen atoms in total. The lowest BCUT2D eigenvalue weighted by Crippen LogP contribution is -2.06. The number of ether oxygens (including phenoxy) is 2. The number of nitrogens with two attached hydrogens (primary N) is 1. The normalized spacial score (nSPS) is 10.6. The second-order valence-electron chi connectivity index (χ2n) is 4.82. The molecule has 0 aliphatic carbocycles. The van der Waals surface area contributed by atoms with Crippen molar-refractivity contribution in [1.82, 2.24) is 9.97 Å².